The number of nitrogens with zero attached hydrogens (tertiary/aromatic N) is 3. The highest BCUT2D eigenvalue weighted by atomic mass is 79.9. The first-order valence-electron chi connectivity index (χ1n) is 7.42. The molecule has 1 unspecified atom stereocenters. The van der Waals surface area contributed by atoms with Crippen molar-refractivity contribution in [2.24, 2.45) is 5.92 Å². The van der Waals surface area contributed by atoms with E-state index in [0.29, 0.717) is 22.3 Å². The SMILES string of the molecule is O=[N+]([O-])c1cc(Br)cnc1N(CC1CCCNC1)C1CC1. The molecule has 1 saturated carbocycles. The lowest BCUT2D eigenvalue weighted by Gasteiger charge is -2.30. The predicted octanol–water partition coefficient (Wildman–Crippen LogP) is 2.72. The number of hydrogen-bond acceptors (Lipinski definition) is 5. The highest BCUT2D eigenvalue weighted by Gasteiger charge is 2.35. The predicted molar refractivity (Wildman–Crippen MR) is 84.6 cm³/mol. The van der Waals surface area contributed by atoms with E-state index < -0.39 is 0 Å². The lowest BCUT2D eigenvalue weighted by molar-refractivity contribution is -0.384. The molecule has 0 radical (unpaired) electrons. The van der Waals surface area contributed by atoms with Crippen LogP contribution in [-0.4, -0.2) is 35.6 Å². The Morgan fingerprint density at radius 1 is 1.48 bits per heavy atom. The van der Waals surface area contributed by atoms with Gasteiger partial charge in [0.05, 0.1) is 4.92 Å². The summed E-state index contributed by atoms with van der Waals surface area (Å²) in [6.45, 7) is 2.93. The van der Waals surface area contributed by atoms with Gasteiger partial charge < -0.3 is 10.2 Å². The minimum Gasteiger partial charge on any atom is -0.348 e. The lowest BCUT2D eigenvalue weighted by Crippen LogP contribution is -2.39. The molecule has 3 rings (SSSR count). The minimum absolute atomic E-state index is 0.0973. The van der Waals surface area contributed by atoms with Crippen molar-refractivity contribution in [3.8, 4) is 0 Å². The fourth-order valence-electron chi connectivity index (χ4n) is 2.93. The molecule has 1 atom stereocenters. The van der Waals surface area contributed by atoms with Gasteiger partial charge in [-0.15, -0.1) is 0 Å². The van der Waals surface area contributed by atoms with E-state index in [1.54, 1.807) is 12.3 Å². The molecular weight excluding hydrogens is 336 g/mol. The molecule has 114 valence electrons. The molecule has 0 spiro atoms. The molecular formula is C14H19BrN4O2. The van der Waals surface area contributed by atoms with Crippen LogP contribution >= 0.6 is 15.9 Å². The van der Waals surface area contributed by atoms with Crippen LogP contribution in [-0.2, 0) is 0 Å². The molecule has 0 amide bonds. The molecule has 1 saturated heterocycles. The van der Waals surface area contributed by atoms with Gasteiger partial charge in [-0.1, -0.05) is 0 Å². The highest BCUT2D eigenvalue weighted by Crippen LogP contribution is 2.37. The Balaban J connectivity index is 1.85. The van der Waals surface area contributed by atoms with Crippen LogP contribution in [0.5, 0.6) is 0 Å². The minimum atomic E-state index is -0.332. The zero-order valence-corrected chi connectivity index (χ0v) is 13.4. The summed E-state index contributed by atoms with van der Waals surface area (Å²) in [4.78, 5) is 17.5. The number of anilines is 1. The van der Waals surface area contributed by atoms with Crippen molar-refractivity contribution in [1.29, 1.82) is 0 Å². The Kier molecular flexibility index (Phi) is 4.40. The van der Waals surface area contributed by atoms with Crippen LogP contribution in [0.1, 0.15) is 25.7 Å². The van der Waals surface area contributed by atoms with E-state index >= 15 is 0 Å². The van der Waals surface area contributed by atoms with Gasteiger partial charge in [0.2, 0.25) is 5.82 Å². The smallest absolute Gasteiger partial charge is 0.312 e. The van der Waals surface area contributed by atoms with E-state index in [-0.39, 0.29) is 10.6 Å². The van der Waals surface area contributed by atoms with Crippen molar-refractivity contribution in [2.75, 3.05) is 24.5 Å². The zero-order valence-electron chi connectivity index (χ0n) is 11.8. The maximum absolute atomic E-state index is 11.3. The number of rotatable bonds is 5. The number of hydrogen-bond donors (Lipinski definition) is 1. The van der Waals surface area contributed by atoms with Gasteiger partial charge in [0, 0.05) is 29.3 Å². The van der Waals surface area contributed by atoms with E-state index in [1.165, 1.54) is 12.8 Å². The second kappa shape index (κ2) is 6.27. The molecule has 2 aliphatic rings. The van der Waals surface area contributed by atoms with E-state index in [4.69, 9.17) is 0 Å². The summed E-state index contributed by atoms with van der Waals surface area (Å²) >= 11 is 3.27. The molecule has 2 fully saturated rings. The molecule has 7 heteroatoms. The van der Waals surface area contributed by atoms with Crippen LogP contribution in [0.3, 0.4) is 0 Å². The lowest BCUT2D eigenvalue weighted by atomic mass is 9.99. The van der Waals surface area contributed by atoms with Crippen molar-refractivity contribution in [3.63, 3.8) is 0 Å². The molecule has 1 aliphatic carbocycles. The van der Waals surface area contributed by atoms with E-state index in [0.717, 1.165) is 32.5 Å². The Labute approximate surface area is 132 Å². The third kappa shape index (κ3) is 3.52. The van der Waals surface area contributed by atoms with Crippen LogP contribution in [0.25, 0.3) is 0 Å². The fraction of sp³-hybridized carbons (Fsp3) is 0.643. The second-order valence-corrected chi connectivity index (χ2v) is 6.76. The molecule has 2 heterocycles. The van der Waals surface area contributed by atoms with E-state index in [2.05, 4.69) is 31.1 Å². The van der Waals surface area contributed by atoms with Gasteiger partial charge >= 0.3 is 5.69 Å². The van der Waals surface area contributed by atoms with Crippen LogP contribution in [0, 0.1) is 16.0 Å². The highest BCUT2D eigenvalue weighted by molar-refractivity contribution is 9.10. The third-order valence-corrected chi connectivity index (χ3v) is 4.56. The summed E-state index contributed by atoms with van der Waals surface area (Å²) < 4.78 is 0.646. The topological polar surface area (TPSA) is 71.3 Å². The van der Waals surface area contributed by atoms with Gasteiger partial charge in [0.15, 0.2) is 0 Å². The quantitative estimate of drug-likeness (QED) is 0.650. The molecule has 1 aromatic heterocycles. The molecule has 1 N–H and O–H groups in total. The normalized spacial score (nSPS) is 22.0. The van der Waals surface area contributed by atoms with E-state index in [9.17, 15) is 10.1 Å². The van der Waals surface area contributed by atoms with Gasteiger partial charge in [-0.05, 0) is 60.6 Å². The number of piperidine rings is 1. The zero-order chi connectivity index (χ0) is 14.8. The van der Waals surface area contributed by atoms with Gasteiger partial charge in [0.1, 0.15) is 0 Å². The Morgan fingerprint density at radius 2 is 2.29 bits per heavy atom. The third-order valence-electron chi connectivity index (χ3n) is 4.12. The fourth-order valence-corrected chi connectivity index (χ4v) is 3.25. The van der Waals surface area contributed by atoms with Gasteiger partial charge in [-0.2, -0.15) is 0 Å². The maximum Gasteiger partial charge on any atom is 0.312 e. The largest absolute Gasteiger partial charge is 0.348 e. The summed E-state index contributed by atoms with van der Waals surface area (Å²) in [7, 11) is 0. The molecule has 0 aromatic carbocycles. The number of aromatic nitrogens is 1. The van der Waals surface area contributed by atoms with Crippen molar-refractivity contribution in [1.82, 2.24) is 10.3 Å². The second-order valence-electron chi connectivity index (χ2n) is 5.85. The number of pyridine rings is 1. The molecule has 6 nitrogen and oxygen atoms in total. The van der Waals surface area contributed by atoms with Crippen molar-refractivity contribution in [2.45, 2.75) is 31.7 Å². The van der Waals surface area contributed by atoms with Crippen molar-refractivity contribution >= 4 is 27.4 Å². The number of nitro groups is 1. The Morgan fingerprint density at radius 3 is 2.90 bits per heavy atom. The average molecular weight is 355 g/mol. The van der Waals surface area contributed by atoms with E-state index in [1.807, 2.05) is 0 Å². The van der Waals surface area contributed by atoms with Gasteiger partial charge in [-0.25, -0.2) is 4.98 Å². The van der Waals surface area contributed by atoms with Crippen molar-refractivity contribution in [3.05, 3.63) is 26.9 Å². The summed E-state index contributed by atoms with van der Waals surface area (Å²) in [6, 6.07) is 1.97. The summed E-state index contributed by atoms with van der Waals surface area (Å²) in [5, 5.41) is 14.7. The first-order chi connectivity index (χ1) is 10.1. The number of nitrogens with one attached hydrogen (secondary N) is 1. The number of halogens is 1. The molecule has 1 aromatic rings. The first kappa shape index (κ1) is 14.7. The monoisotopic (exact) mass is 354 g/mol. The standard InChI is InChI=1S/C14H19BrN4O2/c15-11-6-13(19(20)21)14(17-8-11)18(12-3-4-12)9-10-2-1-5-16-7-10/h6,8,10,12,16H,1-5,7,9H2. The van der Waals surface area contributed by atoms with Crippen LogP contribution in [0.4, 0.5) is 11.5 Å². The van der Waals surface area contributed by atoms with Gasteiger partial charge in [0.25, 0.3) is 0 Å². The summed E-state index contributed by atoms with van der Waals surface area (Å²) in [5.74, 6) is 1.07. The average Bonchev–Trinajstić information content (AvgIpc) is 3.31. The van der Waals surface area contributed by atoms with Crippen LogP contribution < -0.4 is 10.2 Å². The maximum atomic E-state index is 11.3. The van der Waals surface area contributed by atoms with Crippen LogP contribution in [0.15, 0.2) is 16.7 Å². The van der Waals surface area contributed by atoms with Crippen LogP contribution in [0.2, 0.25) is 0 Å². The summed E-state index contributed by atoms with van der Waals surface area (Å²) in [5.41, 5.74) is 0.0973. The first-order valence-corrected chi connectivity index (χ1v) is 8.21. The molecule has 21 heavy (non-hydrogen) atoms. The Hall–Kier alpha value is -1.21. The Bertz CT molecular complexity index is 530. The molecule has 1 aliphatic heterocycles. The van der Waals surface area contributed by atoms with Gasteiger partial charge in [-0.3, -0.25) is 10.1 Å². The molecule has 0 bridgehead atoms. The summed E-state index contributed by atoms with van der Waals surface area (Å²) in [6.07, 6.45) is 6.22. The van der Waals surface area contributed by atoms with Crippen molar-refractivity contribution < 1.29 is 4.92 Å².